The zero-order chi connectivity index (χ0) is 11.5. The first-order valence-electron chi connectivity index (χ1n) is 5.78. The van der Waals surface area contributed by atoms with Crippen LogP contribution in [0.3, 0.4) is 0 Å². The first kappa shape index (κ1) is 13.0. The van der Waals surface area contributed by atoms with E-state index in [-0.39, 0.29) is 5.41 Å². The van der Waals surface area contributed by atoms with Gasteiger partial charge in [-0.25, -0.2) is 8.42 Å². The van der Waals surface area contributed by atoms with Gasteiger partial charge in [0, 0.05) is 6.54 Å². The van der Waals surface area contributed by atoms with Gasteiger partial charge in [0.15, 0.2) is 9.84 Å². The molecule has 90 valence electrons. The molecule has 1 aliphatic rings. The van der Waals surface area contributed by atoms with Gasteiger partial charge in [0.05, 0.1) is 11.5 Å². The van der Waals surface area contributed by atoms with Gasteiger partial charge < -0.3 is 5.32 Å². The molecular weight excluding hydrogens is 210 g/mol. The molecule has 2 unspecified atom stereocenters. The van der Waals surface area contributed by atoms with Crippen LogP contribution in [0.15, 0.2) is 0 Å². The molecule has 0 aromatic heterocycles. The highest BCUT2D eigenvalue weighted by atomic mass is 32.2. The second kappa shape index (κ2) is 4.83. The number of hydrogen-bond acceptors (Lipinski definition) is 3. The van der Waals surface area contributed by atoms with Crippen molar-refractivity contribution < 1.29 is 8.42 Å². The van der Waals surface area contributed by atoms with E-state index in [1.54, 1.807) is 0 Å². The third kappa shape index (κ3) is 3.18. The van der Waals surface area contributed by atoms with Crippen molar-refractivity contribution in [2.45, 2.75) is 33.1 Å². The summed E-state index contributed by atoms with van der Waals surface area (Å²) in [6, 6.07) is 0. The van der Waals surface area contributed by atoms with Crippen molar-refractivity contribution in [3.63, 3.8) is 0 Å². The molecular formula is C11H23NO2S. The molecule has 0 radical (unpaired) electrons. The van der Waals surface area contributed by atoms with Gasteiger partial charge in [-0.05, 0) is 31.2 Å². The molecule has 0 aromatic rings. The maximum Gasteiger partial charge on any atom is 0.150 e. The van der Waals surface area contributed by atoms with Crippen molar-refractivity contribution >= 4 is 9.84 Å². The predicted octanol–water partition coefficient (Wildman–Crippen LogP) is 1.45. The second-order valence-electron chi connectivity index (χ2n) is 5.03. The molecule has 4 heteroatoms. The first-order valence-corrected chi connectivity index (χ1v) is 7.60. The van der Waals surface area contributed by atoms with Crippen LogP contribution in [0.5, 0.6) is 0 Å². The molecule has 1 rings (SSSR count). The molecule has 0 spiro atoms. The van der Waals surface area contributed by atoms with E-state index in [9.17, 15) is 8.42 Å². The van der Waals surface area contributed by atoms with Crippen LogP contribution in [0.25, 0.3) is 0 Å². The largest absolute Gasteiger partial charge is 0.319 e. The van der Waals surface area contributed by atoms with Crippen LogP contribution in [-0.2, 0) is 9.84 Å². The summed E-state index contributed by atoms with van der Waals surface area (Å²) in [5, 5.41) is 3.20. The zero-order valence-electron chi connectivity index (χ0n) is 10.0. The zero-order valence-corrected chi connectivity index (χ0v) is 10.9. The molecule has 1 fully saturated rings. The van der Waals surface area contributed by atoms with Crippen LogP contribution >= 0.6 is 0 Å². The normalized spacial score (nSPS) is 28.9. The third-order valence-electron chi connectivity index (χ3n) is 3.62. The standard InChI is InChI=1S/C11H23NO2S/c1-4-6-11(2,9-12-3)10-5-7-15(13,14)8-10/h10,12H,4-9H2,1-3H3. The molecule has 15 heavy (non-hydrogen) atoms. The molecule has 0 saturated carbocycles. The lowest BCUT2D eigenvalue weighted by Gasteiger charge is -2.34. The Hall–Kier alpha value is -0.0900. The van der Waals surface area contributed by atoms with Crippen LogP contribution in [0.4, 0.5) is 0 Å². The van der Waals surface area contributed by atoms with Crippen molar-refractivity contribution in [2.24, 2.45) is 11.3 Å². The summed E-state index contributed by atoms with van der Waals surface area (Å²) < 4.78 is 23.0. The van der Waals surface area contributed by atoms with E-state index in [4.69, 9.17) is 0 Å². The van der Waals surface area contributed by atoms with Gasteiger partial charge in [-0.15, -0.1) is 0 Å². The van der Waals surface area contributed by atoms with Gasteiger partial charge in [0.25, 0.3) is 0 Å². The van der Waals surface area contributed by atoms with Crippen LogP contribution in [0.1, 0.15) is 33.1 Å². The highest BCUT2D eigenvalue weighted by Crippen LogP contribution is 2.38. The summed E-state index contributed by atoms with van der Waals surface area (Å²) >= 11 is 0. The Morgan fingerprint density at radius 1 is 1.47 bits per heavy atom. The Morgan fingerprint density at radius 3 is 2.53 bits per heavy atom. The van der Waals surface area contributed by atoms with Gasteiger partial charge in [-0.3, -0.25) is 0 Å². The molecule has 0 aromatic carbocycles. The van der Waals surface area contributed by atoms with Crippen LogP contribution in [0.2, 0.25) is 0 Å². The smallest absolute Gasteiger partial charge is 0.150 e. The van der Waals surface area contributed by atoms with E-state index < -0.39 is 9.84 Å². The summed E-state index contributed by atoms with van der Waals surface area (Å²) in [4.78, 5) is 0. The lowest BCUT2D eigenvalue weighted by atomic mass is 9.73. The van der Waals surface area contributed by atoms with Gasteiger partial charge in [0.1, 0.15) is 0 Å². The van der Waals surface area contributed by atoms with Crippen molar-refractivity contribution in [3.05, 3.63) is 0 Å². The van der Waals surface area contributed by atoms with E-state index in [2.05, 4.69) is 19.2 Å². The SMILES string of the molecule is CCCC(C)(CNC)C1CCS(=O)(=O)C1. The topological polar surface area (TPSA) is 46.2 Å². The van der Waals surface area contributed by atoms with E-state index in [0.717, 1.165) is 25.8 Å². The number of nitrogens with one attached hydrogen (secondary N) is 1. The maximum absolute atomic E-state index is 11.5. The molecule has 3 nitrogen and oxygen atoms in total. The second-order valence-corrected chi connectivity index (χ2v) is 7.26. The minimum Gasteiger partial charge on any atom is -0.319 e. The molecule has 2 atom stereocenters. The fourth-order valence-electron chi connectivity index (χ4n) is 2.76. The minimum atomic E-state index is -2.74. The lowest BCUT2D eigenvalue weighted by Crippen LogP contribution is -2.37. The molecule has 1 saturated heterocycles. The van der Waals surface area contributed by atoms with E-state index in [0.29, 0.717) is 17.4 Å². The van der Waals surface area contributed by atoms with Crippen LogP contribution in [0, 0.1) is 11.3 Å². The Morgan fingerprint density at radius 2 is 2.13 bits per heavy atom. The average molecular weight is 233 g/mol. The van der Waals surface area contributed by atoms with Crippen molar-refractivity contribution in [2.75, 3.05) is 25.1 Å². The highest BCUT2D eigenvalue weighted by Gasteiger charge is 2.40. The van der Waals surface area contributed by atoms with E-state index >= 15 is 0 Å². The van der Waals surface area contributed by atoms with Crippen LogP contribution in [-0.4, -0.2) is 33.5 Å². The van der Waals surface area contributed by atoms with Gasteiger partial charge >= 0.3 is 0 Å². The van der Waals surface area contributed by atoms with Crippen molar-refractivity contribution in [1.82, 2.24) is 5.32 Å². The summed E-state index contributed by atoms with van der Waals surface area (Å²) in [6.45, 7) is 5.30. The summed E-state index contributed by atoms with van der Waals surface area (Å²) in [5.74, 6) is 1.13. The van der Waals surface area contributed by atoms with Gasteiger partial charge in [-0.2, -0.15) is 0 Å². The Bertz CT molecular complexity index is 292. The summed E-state index contributed by atoms with van der Waals surface area (Å²) in [7, 11) is -0.801. The molecule has 1 heterocycles. The predicted molar refractivity (Wildman–Crippen MR) is 63.7 cm³/mol. The van der Waals surface area contributed by atoms with Gasteiger partial charge in [-0.1, -0.05) is 20.3 Å². The minimum absolute atomic E-state index is 0.146. The fraction of sp³-hybridized carbons (Fsp3) is 1.00. The molecule has 1 N–H and O–H groups in total. The molecule has 0 bridgehead atoms. The molecule has 0 aliphatic carbocycles. The van der Waals surface area contributed by atoms with Crippen molar-refractivity contribution in [1.29, 1.82) is 0 Å². The fourth-order valence-corrected chi connectivity index (χ4v) is 4.75. The molecule has 1 aliphatic heterocycles. The Kier molecular flexibility index (Phi) is 4.18. The number of sulfone groups is 1. The lowest BCUT2D eigenvalue weighted by molar-refractivity contribution is 0.183. The monoisotopic (exact) mass is 233 g/mol. The van der Waals surface area contributed by atoms with Crippen LogP contribution < -0.4 is 5.32 Å². The third-order valence-corrected chi connectivity index (χ3v) is 5.39. The summed E-state index contributed by atoms with van der Waals surface area (Å²) in [6.07, 6.45) is 3.07. The van der Waals surface area contributed by atoms with E-state index in [1.807, 2.05) is 7.05 Å². The average Bonchev–Trinajstić information content (AvgIpc) is 2.47. The Labute approximate surface area is 93.6 Å². The number of rotatable bonds is 5. The highest BCUT2D eigenvalue weighted by molar-refractivity contribution is 7.91. The molecule has 0 amide bonds. The maximum atomic E-state index is 11.5. The van der Waals surface area contributed by atoms with Crippen molar-refractivity contribution in [3.8, 4) is 0 Å². The first-order chi connectivity index (χ1) is 6.93. The Balaban J connectivity index is 2.73. The van der Waals surface area contributed by atoms with Gasteiger partial charge in [0.2, 0.25) is 0 Å². The quantitative estimate of drug-likeness (QED) is 0.782. The number of hydrogen-bond donors (Lipinski definition) is 1. The van der Waals surface area contributed by atoms with E-state index in [1.165, 1.54) is 0 Å². The summed E-state index contributed by atoms with van der Waals surface area (Å²) in [5.41, 5.74) is 0.146.